The fraction of sp³-hybridized carbons (Fsp3) is 0.500. The van der Waals surface area contributed by atoms with Crippen molar-refractivity contribution in [1.82, 2.24) is 4.31 Å². The van der Waals surface area contributed by atoms with Gasteiger partial charge in [-0.05, 0) is 31.0 Å². The molecule has 0 radical (unpaired) electrons. The molecular weight excluding hydrogens is 385 g/mol. The van der Waals surface area contributed by atoms with E-state index >= 15 is 0 Å². The lowest BCUT2D eigenvalue weighted by molar-refractivity contribution is 0.419. The van der Waals surface area contributed by atoms with Crippen LogP contribution in [-0.4, -0.2) is 45.3 Å². The molecule has 0 saturated heterocycles. The molecule has 0 aromatic heterocycles. The zero-order valence-electron chi connectivity index (χ0n) is 11.3. The van der Waals surface area contributed by atoms with Gasteiger partial charge in [-0.25, -0.2) is 21.2 Å². The van der Waals surface area contributed by atoms with Gasteiger partial charge in [0.2, 0.25) is 10.0 Å². The van der Waals surface area contributed by atoms with Crippen LogP contribution >= 0.6 is 15.9 Å². The van der Waals surface area contributed by atoms with Crippen molar-refractivity contribution in [3.05, 3.63) is 24.0 Å². The Labute approximate surface area is 132 Å². The van der Waals surface area contributed by atoms with Gasteiger partial charge < -0.3 is 0 Å². The number of sulfonamides is 1. The molecule has 0 N–H and O–H groups in total. The summed E-state index contributed by atoms with van der Waals surface area (Å²) in [6, 6.07) is 2.70. The Morgan fingerprint density at radius 1 is 1.29 bits per heavy atom. The Hall–Kier alpha value is -0.510. The molecule has 0 spiro atoms. The normalized spacial score (nSPS) is 16.4. The molecule has 21 heavy (non-hydrogen) atoms. The van der Waals surface area contributed by atoms with Crippen LogP contribution in [0.2, 0.25) is 0 Å². The van der Waals surface area contributed by atoms with Crippen LogP contribution in [0.4, 0.5) is 4.39 Å². The highest BCUT2D eigenvalue weighted by molar-refractivity contribution is 9.09. The molecule has 5 nitrogen and oxygen atoms in total. The molecular formula is C12H15BrFNO4S2. The van der Waals surface area contributed by atoms with Gasteiger partial charge in [-0.2, -0.15) is 4.31 Å². The number of rotatable bonds is 6. The third kappa shape index (κ3) is 3.64. The Morgan fingerprint density at radius 3 is 2.38 bits per heavy atom. The summed E-state index contributed by atoms with van der Waals surface area (Å²) in [7, 11) is -7.65. The number of halogens is 2. The van der Waals surface area contributed by atoms with Crippen molar-refractivity contribution in [2.45, 2.75) is 28.7 Å². The quantitative estimate of drug-likeness (QED) is 0.539. The second-order valence-corrected chi connectivity index (χ2v) is 9.57. The third-order valence-electron chi connectivity index (χ3n) is 3.18. The van der Waals surface area contributed by atoms with Crippen molar-refractivity contribution in [2.24, 2.45) is 0 Å². The minimum atomic E-state index is -4.05. The van der Waals surface area contributed by atoms with Gasteiger partial charge in [0.05, 0.1) is 4.90 Å². The molecule has 1 aromatic rings. The fourth-order valence-corrected chi connectivity index (χ4v) is 5.10. The summed E-state index contributed by atoms with van der Waals surface area (Å²) in [6.07, 6.45) is 2.42. The molecule has 1 aliphatic rings. The van der Waals surface area contributed by atoms with Crippen molar-refractivity contribution >= 4 is 35.8 Å². The van der Waals surface area contributed by atoms with E-state index in [4.69, 9.17) is 0 Å². The molecule has 1 aromatic carbocycles. The van der Waals surface area contributed by atoms with Gasteiger partial charge in [0, 0.05) is 24.2 Å². The average Bonchev–Trinajstić information content (AvgIpc) is 3.18. The maximum atomic E-state index is 13.9. The van der Waals surface area contributed by atoms with Gasteiger partial charge in [-0.3, -0.25) is 0 Å². The Balaban J connectivity index is 2.53. The number of hydrogen-bond acceptors (Lipinski definition) is 4. The third-order valence-corrected chi connectivity index (χ3v) is 6.61. The van der Waals surface area contributed by atoms with Gasteiger partial charge in [0.15, 0.2) is 9.84 Å². The van der Waals surface area contributed by atoms with Gasteiger partial charge in [0.25, 0.3) is 0 Å². The summed E-state index contributed by atoms with van der Waals surface area (Å²) < 4.78 is 63.4. The van der Waals surface area contributed by atoms with Crippen LogP contribution in [0.25, 0.3) is 0 Å². The van der Waals surface area contributed by atoms with Crippen LogP contribution in [0.5, 0.6) is 0 Å². The highest BCUT2D eigenvalue weighted by Crippen LogP contribution is 2.33. The molecule has 0 bridgehead atoms. The van der Waals surface area contributed by atoms with Crippen LogP contribution in [0.15, 0.2) is 28.0 Å². The molecule has 0 amide bonds. The predicted octanol–water partition coefficient (Wildman–Crippen LogP) is 1.78. The smallest absolute Gasteiger partial charge is 0.224 e. The van der Waals surface area contributed by atoms with E-state index in [2.05, 4.69) is 15.9 Å². The zero-order valence-corrected chi connectivity index (χ0v) is 14.5. The standard InChI is InChI=1S/C12H15BrFNO4S2/c1-20(16,17)10-4-5-11(14)12(8-10)21(18,19)15(7-6-13)9-2-3-9/h4-5,8-9H,2-3,6-7H2,1H3. The number of sulfone groups is 1. The Morgan fingerprint density at radius 2 is 1.90 bits per heavy atom. The topological polar surface area (TPSA) is 71.5 Å². The van der Waals surface area contributed by atoms with Crippen LogP contribution in [0, 0.1) is 5.82 Å². The number of alkyl halides is 1. The molecule has 2 rings (SSSR count). The highest BCUT2D eigenvalue weighted by Gasteiger charge is 2.39. The predicted molar refractivity (Wildman–Crippen MR) is 80.2 cm³/mol. The van der Waals surface area contributed by atoms with Gasteiger partial charge in [0.1, 0.15) is 10.7 Å². The van der Waals surface area contributed by atoms with Crippen LogP contribution in [0.1, 0.15) is 12.8 Å². The van der Waals surface area contributed by atoms with Crippen molar-refractivity contribution < 1.29 is 21.2 Å². The van der Waals surface area contributed by atoms with E-state index in [1.807, 2.05) is 0 Å². The number of nitrogens with zero attached hydrogens (tertiary/aromatic N) is 1. The summed E-state index contributed by atoms with van der Waals surface area (Å²) in [4.78, 5) is -0.796. The maximum absolute atomic E-state index is 13.9. The molecule has 9 heteroatoms. The highest BCUT2D eigenvalue weighted by atomic mass is 79.9. The van der Waals surface area contributed by atoms with E-state index < -0.39 is 30.6 Å². The lowest BCUT2D eigenvalue weighted by Crippen LogP contribution is -2.35. The minimum absolute atomic E-state index is 0.131. The molecule has 1 saturated carbocycles. The zero-order chi connectivity index (χ0) is 15.8. The van der Waals surface area contributed by atoms with Gasteiger partial charge >= 0.3 is 0 Å². The molecule has 0 aliphatic heterocycles. The number of benzene rings is 1. The fourth-order valence-electron chi connectivity index (χ4n) is 1.98. The van der Waals surface area contributed by atoms with E-state index in [0.29, 0.717) is 5.33 Å². The molecule has 0 unspecified atom stereocenters. The van der Waals surface area contributed by atoms with Crippen molar-refractivity contribution in [3.8, 4) is 0 Å². The second-order valence-electron chi connectivity index (χ2n) is 4.90. The lowest BCUT2D eigenvalue weighted by Gasteiger charge is -2.21. The first kappa shape index (κ1) is 16.9. The van der Waals surface area contributed by atoms with E-state index in [1.165, 1.54) is 4.31 Å². The molecule has 118 valence electrons. The van der Waals surface area contributed by atoms with E-state index in [1.54, 1.807) is 0 Å². The van der Waals surface area contributed by atoms with Crippen molar-refractivity contribution in [3.63, 3.8) is 0 Å². The SMILES string of the molecule is CS(=O)(=O)c1ccc(F)c(S(=O)(=O)N(CCBr)C2CC2)c1. The Kier molecular flexibility index (Phi) is 4.77. The summed E-state index contributed by atoms with van der Waals surface area (Å²) in [5.41, 5.74) is 0. The largest absolute Gasteiger partial charge is 0.246 e. The summed E-state index contributed by atoms with van der Waals surface area (Å²) in [5.74, 6) is -0.942. The molecule has 0 atom stereocenters. The lowest BCUT2D eigenvalue weighted by atomic mass is 10.3. The average molecular weight is 400 g/mol. The summed E-state index contributed by atoms with van der Waals surface area (Å²) in [5, 5.41) is 0.427. The number of hydrogen-bond donors (Lipinski definition) is 0. The molecule has 0 heterocycles. The van der Waals surface area contributed by atoms with E-state index in [-0.39, 0.29) is 17.5 Å². The van der Waals surface area contributed by atoms with Crippen molar-refractivity contribution in [1.29, 1.82) is 0 Å². The monoisotopic (exact) mass is 399 g/mol. The van der Waals surface area contributed by atoms with Crippen LogP contribution in [0.3, 0.4) is 0 Å². The maximum Gasteiger partial charge on any atom is 0.246 e. The first-order chi connectivity index (χ1) is 9.67. The first-order valence-electron chi connectivity index (χ1n) is 6.25. The summed E-state index contributed by atoms with van der Waals surface area (Å²) >= 11 is 3.18. The molecule has 1 fully saturated rings. The Bertz CT molecular complexity index is 745. The van der Waals surface area contributed by atoms with Gasteiger partial charge in [-0.1, -0.05) is 15.9 Å². The van der Waals surface area contributed by atoms with Crippen LogP contribution < -0.4 is 0 Å². The van der Waals surface area contributed by atoms with E-state index in [9.17, 15) is 21.2 Å². The second kappa shape index (κ2) is 5.94. The summed E-state index contributed by atoms with van der Waals surface area (Å²) in [6.45, 7) is 0.218. The van der Waals surface area contributed by atoms with Gasteiger partial charge in [-0.15, -0.1) is 0 Å². The molecule has 1 aliphatic carbocycles. The first-order valence-corrected chi connectivity index (χ1v) is 10.7. The minimum Gasteiger partial charge on any atom is -0.224 e. The van der Waals surface area contributed by atoms with Crippen molar-refractivity contribution in [2.75, 3.05) is 18.1 Å². The van der Waals surface area contributed by atoms with Crippen LogP contribution in [-0.2, 0) is 19.9 Å². The van der Waals surface area contributed by atoms with E-state index in [0.717, 1.165) is 37.3 Å².